The highest BCUT2D eigenvalue weighted by atomic mass is 32.2. The third-order valence-electron chi connectivity index (χ3n) is 6.42. The molecule has 1 saturated carbocycles. The number of hydrogen-bond donors (Lipinski definition) is 0. The molecule has 1 aliphatic carbocycles. The van der Waals surface area contributed by atoms with Crippen LogP contribution in [0.3, 0.4) is 0 Å². The summed E-state index contributed by atoms with van der Waals surface area (Å²) in [4.78, 5) is 23.2. The van der Waals surface area contributed by atoms with Gasteiger partial charge < -0.3 is 14.1 Å². The first-order chi connectivity index (χ1) is 15.7. The van der Waals surface area contributed by atoms with E-state index in [1.54, 1.807) is 0 Å². The largest absolute Gasteiger partial charge is 0.441 e. The van der Waals surface area contributed by atoms with Crippen LogP contribution >= 0.6 is 11.8 Å². The van der Waals surface area contributed by atoms with Crippen LogP contribution in [0.15, 0.2) is 56.8 Å². The Hall–Kier alpha value is -2.51. The zero-order chi connectivity index (χ0) is 21.9. The summed E-state index contributed by atoms with van der Waals surface area (Å²) in [5, 5.41) is 0.770. The SMILES string of the molecule is C[C@@H]1CCCC[C@@H]1N1C(=O)/C(=C/c2ccc(N3CCOCC3)o2)SC1=Nc1ccccc1. The van der Waals surface area contributed by atoms with Gasteiger partial charge in [0.2, 0.25) is 0 Å². The van der Waals surface area contributed by atoms with E-state index in [4.69, 9.17) is 14.1 Å². The zero-order valence-electron chi connectivity index (χ0n) is 18.4. The maximum Gasteiger partial charge on any atom is 0.267 e. The van der Waals surface area contributed by atoms with Crippen molar-refractivity contribution in [2.45, 2.75) is 38.6 Å². The number of ether oxygens (including phenoxy) is 1. The fraction of sp³-hybridized carbons (Fsp3) is 0.440. The first-order valence-corrected chi connectivity index (χ1v) is 12.3. The molecule has 0 unspecified atom stereocenters. The molecule has 2 aliphatic heterocycles. The van der Waals surface area contributed by atoms with Crippen molar-refractivity contribution < 1.29 is 13.9 Å². The topological polar surface area (TPSA) is 58.3 Å². The summed E-state index contributed by atoms with van der Waals surface area (Å²) < 4.78 is 11.5. The Morgan fingerprint density at radius 1 is 1.06 bits per heavy atom. The van der Waals surface area contributed by atoms with E-state index >= 15 is 0 Å². The maximum atomic E-state index is 13.6. The molecule has 2 atom stereocenters. The van der Waals surface area contributed by atoms with Crippen LogP contribution in [0.1, 0.15) is 38.4 Å². The second kappa shape index (κ2) is 9.55. The number of carbonyl (C=O) groups is 1. The van der Waals surface area contributed by atoms with E-state index in [1.165, 1.54) is 18.2 Å². The van der Waals surface area contributed by atoms with Crippen molar-refractivity contribution in [1.82, 2.24) is 4.90 Å². The van der Waals surface area contributed by atoms with Gasteiger partial charge in [0.15, 0.2) is 11.1 Å². The van der Waals surface area contributed by atoms with Crippen LogP contribution in [0.2, 0.25) is 0 Å². The second-order valence-corrected chi connectivity index (χ2v) is 9.63. The Morgan fingerprint density at radius 3 is 2.62 bits per heavy atom. The van der Waals surface area contributed by atoms with E-state index in [1.807, 2.05) is 53.4 Å². The molecular formula is C25H29N3O3S. The fourth-order valence-corrected chi connectivity index (χ4v) is 5.68. The minimum absolute atomic E-state index is 0.0350. The predicted octanol–water partition coefficient (Wildman–Crippen LogP) is 5.30. The number of nitrogens with zero attached hydrogens (tertiary/aromatic N) is 3. The van der Waals surface area contributed by atoms with Gasteiger partial charge in [-0.2, -0.15) is 0 Å². The summed E-state index contributed by atoms with van der Waals surface area (Å²) in [6, 6.07) is 14.0. The molecular weight excluding hydrogens is 422 g/mol. The number of hydrogen-bond acceptors (Lipinski definition) is 6. The number of benzene rings is 1. The molecule has 0 radical (unpaired) electrons. The van der Waals surface area contributed by atoms with E-state index in [-0.39, 0.29) is 11.9 Å². The third-order valence-corrected chi connectivity index (χ3v) is 7.41. The summed E-state index contributed by atoms with van der Waals surface area (Å²) >= 11 is 1.45. The predicted molar refractivity (Wildman–Crippen MR) is 129 cm³/mol. The Balaban J connectivity index is 1.44. The highest BCUT2D eigenvalue weighted by Crippen LogP contribution is 2.40. The number of thioether (sulfide) groups is 1. The second-order valence-electron chi connectivity index (χ2n) is 8.62. The first kappa shape index (κ1) is 21.3. The molecule has 6 nitrogen and oxygen atoms in total. The molecule has 32 heavy (non-hydrogen) atoms. The van der Waals surface area contributed by atoms with Crippen molar-refractivity contribution in [3.8, 4) is 0 Å². The van der Waals surface area contributed by atoms with E-state index < -0.39 is 0 Å². The number of aliphatic imine (C=N–C) groups is 1. The number of morpholine rings is 1. The normalized spacial score (nSPS) is 27.0. The zero-order valence-corrected chi connectivity index (χ0v) is 19.2. The lowest BCUT2D eigenvalue weighted by Crippen LogP contribution is -2.44. The van der Waals surface area contributed by atoms with Gasteiger partial charge >= 0.3 is 0 Å². The highest BCUT2D eigenvalue weighted by molar-refractivity contribution is 8.18. The van der Waals surface area contributed by atoms with Crippen molar-refractivity contribution >= 4 is 40.5 Å². The maximum absolute atomic E-state index is 13.6. The van der Waals surface area contributed by atoms with E-state index in [0.29, 0.717) is 29.8 Å². The molecule has 3 heterocycles. The van der Waals surface area contributed by atoms with Gasteiger partial charge in [-0.1, -0.05) is 38.0 Å². The van der Waals surface area contributed by atoms with Crippen LogP contribution in [0.25, 0.3) is 6.08 Å². The van der Waals surface area contributed by atoms with Crippen LogP contribution in [-0.2, 0) is 9.53 Å². The molecule has 3 aliphatic rings. The van der Waals surface area contributed by atoms with E-state index in [9.17, 15) is 4.79 Å². The fourth-order valence-electron chi connectivity index (χ4n) is 4.65. The number of amides is 1. The number of furan rings is 1. The lowest BCUT2D eigenvalue weighted by molar-refractivity contribution is -0.124. The number of anilines is 1. The van der Waals surface area contributed by atoms with Crippen molar-refractivity contribution in [3.05, 3.63) is 53.1 Å². The molecule has 1 aromatic heterocycles. The average molecular weight is 452 g/mol. The van der Waals surface area contributed by atoms with Gasteiger partial charge in [0.25, 0.3) is 5.91 Å². The van der Waals surface area contributed by atoms with Crippen LogP contribution in [-0.4, -0.2) is 48.3 Å². The first-order valence-electron chi connectivity index (χ1n) is 11.5. The molecule has 0 bridgehead atoms. The van der Waals surface area contributed by atoms with Crippen molar-refractivity contribution in [2.75, 3.05) is 31.2 Å². The minimum atomic E-state index is 0.0350. The summed E-state index contributed by atoms with van der Waals surface area (Å²) in [5.41, 5.74) is 0.866. The Morgan fingerprint density at radius 2 is 1.84 bits per heavy atom. The van der Waals surface area contributed by atoms with Gasteiger partial charge in [-0.05, 0) is 48.7 Å². The lowest BCUT2D eigenvalue weighted by atomic mass is 9.85. The van der Waals surface area contributed by atoms with Crippen LogP contribution in [0.5, 0.6) is 0 Å². The number of amidine groups is 1. The Kier molecular flexibility index (Phi) is 6.37. The molecule has 168 valence electrons. The average Bonchev–Trinajstić information content (AvgIpc) is 3.41. The Labute approximate surface area is 193 Å². The van der Waals surface area contributed by atoms with Gasteiger partial charge in [-0.3, -0.25) is 9.69 Å². The van der Waals surface area contributed by atoms with Gasteiger partial charge in [-0.25, -0.2) is 4.99 Å². The summed E-state index contributed by atoms with van der Waals surface area (Å²) in [7, 11) is 0. The molecule has 5 rings (SSSR count). The standard InChI is InChI=1S/C25H29N3O3S/c1-18-7-5-6-10-21(18)28-24(29)22(32-25(28)26-19-8-3-2-4-9-19)17-20-11-12-23(31-20)27-13-15-30-16-14-27/h2-4,8-9,11-12,17-18,21H,5-7,10,13-16H2,1H3/b22-17-,26-25?/t18-,21+/m1/s1. The van der Waals surface area contributed by atoms with Crippen molar-refractivity contribution in [2.24, 2.45) is 10.9 Å². The van der Waals surface area contributed by atoms with Crippen LogP contribution < -0.4 is 4.90 Å². The van der Waals surface area contributed by atoms with Gasteiger partial charge in [0.05, 0.1) is 23.8 Å². The number of carbonyl (C=O) groups excluding carboxylic acids is 1. The molecule has 1 aromatic carbocycles. The third kappa shape index (κ3) is 4.50. The van der Waals surface area contributed by atoms with Crippen LogP contribution in [0, 0.1) is 5.92 Å². The number of rotatable bonds is 4. The van der Waals surface area contributed by atoms with E-state index in [0.717, 1.165) is 49.1 Å². The monoisotopic (exact) mass is 451 g/mol. The van der Waals surface area contributed by atoms with Crippen molar-refractivity contribution in [3.63, 3.8) is 0 Å². The molecule has 0 spiro atoms. The molecule has 0 N–H and O–H groups in total. The molecule has 1 amide bonds. The summed E-state index contributed by atoms with van der Waals surface area (Å²) in [5.74, 6) is 2.02. The van der Waals surface area contributed by atoms with Crippen molar-refractivity contribution in [1.29, 1.82) is 0 Å². The summed E-state index contributed by atoms with van der Waals surface area (Å²) in [6.07, 6.45) is 6.43. The Bertz CT molecular complexity index is 1010. The highest BCUT2D eigenvalue weighted by Gasteiger charge is 2.41. The van der Waals surface area contributed by atoms with Crippen LogP contribution in [0.4, 0.5) is 11.6 Å². The number of para-hydroxylation sites is 1. The molecule has 2 aromatic rings. The lowest BCUT2D eigenvalue weighted by Gasteiger charge is -2.35. The smallest absolute Gasteiger partial charge is 0.267 e. The van der Waals surface area contributed by atoms with Gasteiger partial charge in [-0.15, -0.1) is 0 Å². The quantitative estimate of drug-likeness (QED) is 0.591. The molecule has 3 fully saturated rings. The molecule has 2 saturated heterocycles. The van der Waals surface area contributed by atoms with Gasteiger partial charge in [0, 0.05) is 31.3 Å². The minimum Gasteiger partial charge on any atom is -0.441 e. The molecule has 7 heteroatoms. The van der Waals surface area contributed by atoms with Gasteiger partial charge in [0.1, 0.15) is 5.76 Å². The van der Waals surface area contributed by atoms with E-state index in [2.05, 4.69) is 11.8 Å². The summed E-state index contributed by atoms with van der Waals surface area (Å²) in [6.45, 7) is 5.31.